The number of nitrogens with zero attached hydrogens (tertiary/aromatic N) is 1. The molecule has 1 saturated heterocycles. The van der Waals surface area contributed by atoms with E-state index < -0.39 is 0 Å². The van der Waals surface area contributed by atoms with Crippen LogP contribution in [-0.4, -0.2) is 40.3 Å². The second-order valence-electron chi connectivity index (χ2n) is 9.09. The third kappa shape index (κ3) is 3.87. The van der Waals surface area contributed by atoms with E-state index in [0.29, 0.717) is 23.9 Å². The summed E-state index contributed by atoms with van der Waals surface area (Å²) in [6, 6.07) is 9.01. The number of hydrogen-bond acceptors (Lipinski definition) is 3. The van der Waals surface area contributed by atoms with Crippen molar-refractivity contribution in [3.63, 3.8) is 0 Å². The molecule has 1 saturated carbocycles. The van der Waals surface area contributed by atoms with Crippen molar-refractivity contribution in [1.29, 1.82) is 0 Å². The first kappa shape index (κ1) is 20.6. The van der Waals surface area contributed by atoms with Crippen LogP contribution in [0.1, 0.15) is 56.8 Å². The van der Waals surface area contributed by atoms with Gasteiger partial charge in [-0.1, -0.05) is 39.0 Å². The van der Waals surface area contributed by atoms with Crippen molar-refractivity contribution < 1.29 is 9.59 Å². The van der Waals surface area contributed by atoms with Gasteiger partial charge in [0.25, 0.3) is 11.5 Å². The van der Waals surface area contributed by atoms with E-state index in [-0.39, 0.29) is 40.9 Å². The highest BCUT2D eigenvalue weighted by atomic mass is 16.2. The van der Waals surface area contributed by atoms with E-state index in [1.165, 1.54) is 0 Å². The molecule has 1 aromatic heterocycles. The van der Waals surface area contributed by atoms with E-state index in [1.807, 2.05) is 29.2 Å². The Hall–Kier alpha value is -2.63. The summed E-state index contributed by atoms with van der Waals surface area (Å²) in [7, 11) is 0. The maximum absolute atomic E-state index is 13.2. The molecule has 2 aliphatic rings. The number of fused-ring (bicyclic) bond motifs is 1. The zero-order chi connectivity index (χ0) is 21.4. The van der Waals surface area contributed by atoms with Gasteiger partial charge in [0, 0.05) is 18.0 Å². The molecule has 160 valence electrons. The summed E-state index contributed by atoms with van der Waals surface area (Å²) in [5.74, 6) is 0.616. The number of rotatable bonds is 6. The number of hydrogen-bond donors (Lipinski definition) is 2. The molecule has 0 radical (unpaired) electrons. The van der Waals surface area contributed by atoms with Crippen molar-refractivity contribution in [1.82, 2.24) is 15.2 Å². The second-order valence-corrected chi connectivity index (χ2v) is 9.09. The van der Waals surface area contributed by atoms with Gasteiger partial charge < -0.3 is 15.2 Å². The highest BCUT2D eigenvalue weighted by Crippen LogP contribution is 2.41. The molecule has 2 amide bonds. The Kier molecular flexibility index (Phi) is 5.67. The number of para-hydroxylation sites is 1. The summed E-state index contributed by atoms with van der Waals surface area (Å²) >= 11 is 0. The molecule has 2 heterocycles. The normalized spacial score (nSPS) is 22.5. The van der Waals surface area contributed by atoms with Crippen molar-refractivity contribution in [2.45, 2.75) is 58.5 Å². The SMILES string of the molecule is CCC(C(=O)N1CC[C@@H](NC(=O)c2cc3ccccc3[nH]c2=O)[C@@H]1C1CC1)C(C)C. The fourth-order valence-corrected chi connectivity index (χ4v) is 4.96. The van der Waals surface area contributed by atoms with Gasteiger partial charge in [-0.3, -0.25) is 14.4 Å². The van der Waals surface area contributed by atoms with Crippen LogP contribution in [0.5, 0.6) is 0 Å². The van der Waals surface area contributed by atoms with Crippen molar-refractivity contribution in [3.05, 3.63) is 46.2 Å². The fourth-order valence-electron chi connectivity index (χ4n) is 4.96. The minimum atomic E-state index is -0.383. The van der Waals surface area contributed by atoms with Crippen LogP contribution in [0.4, 0.5) is 0 Å². The van der Waals surface area contributed by atoms with E-state index in [9.17, 15) is 14.4 Å². The lowest BCUT2D eigenvalue weighted by Gasteiger charge is -2.32. The highest BCUT2D eigenvalue weighted by Gasteiger charge is 2.47. The van der Waals surface area contributed by atoms with Crippen molar-refractivity contribution >= 4 is 22.7 Å². The van der Waals surface area contributed by atoms with Gasteiger partial charge in [-0.05, 0) is 55.0 Å². The van der Waals surface area contributed by atoms with Crippen LogP contribution < -0.4 is 10.9 Å². The summed E-state index contributed by atoms with van der Waals surface area (Å²) in [6.07, 6.45) is 3.75. The Labute approximate surface area is 177 Å². The summed E-state index contributed by atoms with van der Waals surface area (Å²) in [4.78, 5) is 43.5. The lowest BCUT2D eigenvalue weighted by Crippen LogP contribution is -2.50. The monoisotopic (exact) mass is 409 g/mol. The number of aromatic amines is 1. The smallest absolute Gasteiger partial charge is 0.261 e. The molecule has 1 aromatic carbocycles. The molecule has 2 N–H and O–H groups in total. The third-order valence-corrected chi connectivity index (χ3v) is 6.72. The molecule has 1 aliphatic heterocycles. The number of carbonyl (C=O) groups excluding carboxylic acids is 2. The number of likely N-dealkylation sites (tertiary alicyclic amines) is 1. The Morgan fingerprint density at radius 2 is 1.93 bits per heavy atom. The number of H-pyrrole nitrogens is 1. The van der Waals surface area contributed by atoms with Gasteiger partial charge in [-0.15, -0.1) is 0 Å². The Balaban J connectivity index is 1.54. The predicted octanol–water partition coefficient (Wildman–Crippen LogP) is 3.32. The first-order valence-corrected chi connectivity index (χ1v) is 11.1. The second kappa shape index (κ2) is 8.25. The Morgan fingerprint density at radius 3 is 2.60 bits per heavy atom. The number of nitrogens with one attached hydrogen (secondary N) is 2. The first-order chi connectivity index (χ1) is 14.4. The standard InChI is InChI=1S/C24H31N3O3/c1-4-17(14(2)3)24(30)27-12-11-20(21(27)15-9-10-15)26-23(29)18-13-16-7-5-6-8-19(16)25-22(18)28/h5-8,13-15,17,20-21H,4,9-12H2,1-3H3,(H,25,28)(H,26,29)/t17?,20-,21+/m1/s1. The van der Waals surface area contributed by atoms with Crippen LogP contribution in [0, 0.1) is 17.8 Å². The molecule has 6 nitrogen and oxygen atoms in total. The van der Waals surface area contributed by atoms with Gasteiger partial charge in [-0.2, -0.15) is 0 Å². The zero-order valence-electron chi connectivity index (χ0n) is 18.0. The maximum Gasteiger partial charge on any atom is 0.261 e. The van der Waals surface area contributed by atoms with Crippen LogP contribution >= 0.6 is 0 Å². The van der Waals surface area contributed by atoms with Gasteiger partial charge in [0.05, 0.1) is 12.1 Å². The molecule has 2 fully saturated rings. The lowest BCUT2D eigenvalue weighted by molar-refractivity contribution is -0.138. The molecule has 1 unspecified atom stereocenters. The Bertz CT molecular complexity index is 1010. The van der Waals surface area contributed by atoms with Gasteiger partial charge in [-0.25, -0.2) is 0 Å². The number of pyridine rings is 1. The van der Waals surface area contributed by atoms with Crippen LogP contribution in [0.25, 0.3) is 10.9 Å². The third-order valence-electron chi connectivity index (χ3n) is 6.72. The van der Waals surface area contributed by atoms with E-state index in [4.69, 9.17) is 0 Å². The minimum Gasteiger partial charge on any atom is -0.347 e. The Morgan fingerprint density at radius 1 is 1.20 bits per heavy atom. The van der Waals surface area contributed by atoms with E-state index in [1.54, 1.807) is 6.07 Å². The topological polar surface area (TPSA) is 82.3 Å². The molecule has 6 heteroatoms. The van der Waals surface area contributed by atoms with Crippen LogP contribution in [0.3, 0.4) is 0 Å². The van der Waals surface area contributed by atoms with Crippen molar-refractivity contribution in [2.75, 3.05) is 6.54 Å². The van der Waals surface area contributed by atoms with Gasteiger partial charge in [0.15, 0.2) is 0 Å². The van der Waals surface area contributed by atoms with Crippen molar-refractivity contribution in [2.24, 2.45) is 17.8 Å². The van der Waals surface area contributed by atoms with Crippen LogP contribution in [0.15, 0.2) is 35.1 Å². The molecule has 3 atom stereocenters. The average molecular weight is 410 g/mol. The fraction of sp³-hybridized carbons (Fsp3) is 0.542. The number of carbonyl (C=O) groups is 2. The largest absolute Gasteiger partial charge is 0.347 e. The quantitative estimate of drug-likeness (QED) is 0.768. The highest BCUT2D eigenvalue weighted by molar-refractivity contribution is 5.97. The molecule has 0 bridgehead atoms. The average Bonchev–Trinajstić information content (AvgIpc) is 3.47. The van der Waals surface area contributed by atoms with Gasteiger partial charge in [0.1, 0.15) is 5.56 Å². The number of benzene rings is 1. The summed E-state index contributed by atoms with van der Waals surface area (Å²) < 4.78 is 0. The zero-order valence-corrected chi connectivity index (χ0v) is 18.0. The van der Waals surface area contributed by atoms with E-state index in [0.717, 1.165) is 31.1 Å². The predicted molar refractivity (Wildman–Crippen MR) is 117 cm³/mol. The molecule has 1 aliphatic carbocycles. The molecule has 2 aromatic rings. The molecular weight excluding hydrogens is 378 g/mol. The summed E-state index contributed by atoms with van der Waals surface area (Å²) in [5, 5.41) is 3.92. The number of amides is 2. The molecule has 30 heavy (non-hydrogen) atoms. The first-order valence-electron chi connectivity index (χ1n) is 11.1. The van der Waals surface area contributed by atoms with E-state index >= 15 is 0 Å². The van der Waals surface area contributed by atoms with Crippen molar-refractivity contribution in [3.8, 4) is 0 Å². The summed E-state index contributed by atoms with van der Waals surface area (Å²) in [5.41, 5.74) is 0.458. The van der Waals surface area contributed by atoms with Crippen LogP contribution in [-0.2, 0) is 4.79 Å². The van der Waals surface area contributed by atoms with E-state index in [2.05, 4.69) is 31.1 Å². The van der Waals surface area contributed by atoms with Crippen LogP contribution in [0.2, 0.25) is 0 Å². The molecule has 0 spiro atoms. The van der Waals surface area contributed by atoms with Gasteiger partial charge >= 0.3 is 0 Å². The minimum absolute atomic E-state index is 0.0176. The van der Waals surface area contributed by atoms with Gasteiger partial charge in [0.2, 0.25) is 5.91 Å². The number of aromatic nitrogens is 1. The maximum atomic E-state index is 13.2. The summed E-state index contributed by atoms with van der Waals surface area (Å²) in [6.45, 7) is 6.93. The molecular formula is C24H31N3O3. The lowest BCUT2D eigenvalue weighted by atomic mass is 9.91. The molecule has 4 rings (SSSR count).